The lowest BCUT2D eigenvalue weighted by Gasteiger charge is -2.07. The Morgan fingerprint density at radius 1 is 1.24 bits per heavy atom. The first-order valence-electron chi connectivity index (χ1n) is 6.87. The van der Waals surface area contributed by atoms with Gasteiger partial charge in [-0.05, 0) is 25.1 Å². The molecular weight excluding hydrogens is 270 g/mol. The van der Waals surface area contributed by atoms with Crippen LogP contribution >= 0.6 is 0 Å². The summed E-state index contributed by atoms with van der Waals surface area (Å²) in [6.07, 6.45) is 0. The van der Waals surface area contributed by atoms with Crippen LogP contribution in [0.2, 0.25) is 0 Å². The van der Waals surface area contributed by atoms with E-state index in [1.807, 2.05) is 25.1 Å². The Morgan fingerprint density at radius 2 is 2.00 bits per heavy atom. The van der Waals surface area contributed by atoms with E-state index in [0.717, 1.165) is 16.7 Å². The molecule has 0 bridgehead atoms. The lowest BCUT2D eigenvalue weighted by molar-refractivity contribution is -0.124. The van der Waals surface area contributed by atoms with Crippen LogP contribution in [-0.4, -0.2) is 23.4 Å². The lowest BCUT2D eigenvalue weighted by atomic mass is 10.2. The number of amides is 2. The highest BCUT2D eigenvalue weighted by molar-refractivity contribution is 5.99. The first-order valence-corrected chi connectivity index (χ1v) is 6.87. The molecule has 0 aliphatic carbocycles. The number of benzene rings is 1. The summed E-state index contributed by atoms with van der Waals surface area (Å²) in [5.74, 6) is -0.0788. The van der Waals surface area contributed by atoms with Crippen LogP contribution in [-0.2, 0) is 4.79 Å². The first kappa shape index (κ1) is 14.9. The summed E-state index contributed by atoms with van der Waals surface area (Å²) in [5.41, 5.74) is 5.94. The minimum Gasteiger partial charge on any atom is -0.494 e. The molecule has 1 aromatic carbocycles. The maximum absolute atomic E-state index is 12.0. The number of hydrazine groups is 1. The van der Waals surface area contributed by atoms with E-state index in [9.17, 15) is 9.59 Å². The minimum absolute atomic E-state index is 0.193. The van der Waals surface area contributed by atoms with E-state index < -0.39 is 5.91 Å². The van der Waals surface area contributed by atoms with Crippen molar-refractivity contribution in [2.75, 3.05) is 6.61 Å². The summed E-state index contributed by atoms with van der Waals surface area (Å²) in [4.78, 5) is 26.4. The molecule has 3 N–H and O–H groups in total. The quantitative estimate of drug-likeness (QED) is 0.753. The van der Waals surface area contributed by atoms with Gasteiger partial charge < -0.3 is 9.72 Å². The molecule has 21 heavy (non-hydrogen) atoms. The Hall–Kier alpha value is -2.50. The van der Waals surface area contributed by atoms with Crippen LogP contribution < -0.4 is 15.6 Å². The summed E-state index contributed by atoms with van der Waals surface area (Å²) in [5, 5.41) is 0.902. The Kier molecular flexibility index (Phi) is 4.47. The van der Waals surface area contributed by atoms with E-state index in [-0.39, 0.29) is 11.8 Å². The molecule has 2 rings (SSSR count). The fourth-order valence-electron chi connectivity index (χ4n) is 1.81. The third-order valence-corrected chi connectivity index (χ3v) is 2.97. The molecule has 0 fully saturated rings. The van der Waals surface area contributed by atoms with Crippen LogP contribution in [0.5, 0.6) is 5.75 Å². The first-order chi connectivity index (χ1) is 10.0. The van der Waals surface area contributed by atoms with Gasteiger partial charge >= 0.3 is 0 Å². The number of ether oxygens (including phenoxy) is 1. The van der Waals surface area contributed by atoms with Gasteiger partial charge in [0.1, 0.15) is 11.4 Å². The molecule has 6 heteroatoms. The van der Waals surface area contributed by atoms with Crippen LogP contribution in [0.4, 0.5) is 0 Å². The number of fused-ring (bicyclic) bond motifs is 1. The zero-order valence-electron chi connectivity index (χ0n) is 12.3. The summed E-state index contributed by atoms with van der Waals surface area (Å²) in [7, 11) is 0. The Bertz CT molecular complexity index is 661. The zero-order valence-corrected chi connectivity index (χ0v) is 12.3. The van der Waals surface area contributed by atoms with E-state index in [1.165, 1.54) is 0 Å². The average Bonchev–Trinajstić information content (AvgIpc) is 2.87. The Morgan fingerprint density at radius 3 is 2.67 bits per heavy atom. The number of aromatic amines is 1. The van der Waals surface area contributed by atoms with Gasteiger partial charge in [0, 0.05) is 22.9 Å². The number of hydrogen-bond acceptors (Lipinski definition) is 3. The molecule has 2 aromatic rings. The van der Waals surface area contributed by atoms with Gasteiger partial charge in [-0.25, -0.2) is 0 Å². The SMILES string of the molecule is CCOc1ccc2cc(C(=O)NNC(=O)C(C)C)[nH]c2c1. The van der Waals surface area contributed by atoms with Crippen molar-refractivity contribution in [3.8, 4) is 5.75 Å². The Balaban J connectivity index is 2.11. The molecule has 0 saturated carbocycles. The van der Waals surface area contributed by atoms with Crippen molar-refractivity contribution in [2.45, 2.75) is 20.8 Å². The Labute approximate surface area is 122 Å². The number of carbonyl (C=O) groups excluding carboxylic acids is 2. The molecule has 0 radical (unpaired) electrons. The number of carbonyl (C=O) groups is 2. The van der Waals surface area contributed by atoms with Crippen molar-refractivity contribution < 1.29 is 14.3 Å². The number of rotatable bonds is 4. The summed E-state index contributed by atoms with van der Waals surface area (Å²) in [6, 6.07) is 7.28. The highest BCUT2D eigenvalue weighted by atomic mass is 16.5. The monoisotopic (exact) mass is 289 g/mol. The molecular formula is C15H19N3O3. The fourth-order valence-corrected chi connectivity index (χ4v) is 1.81. The van der Waals surface area contributed by atoms with Crippen molar-refractivity contribution in [2.24, 2.45) is 5.92 Å². The number of aromatic nitrogens is 1. The van der Waals surface area contributed by atoms with Gasteiger partial charge in [-0.15, -0.1) is 0 Å². The van der Waals surface area contributed by atoms with Gasteiger partial charge in [0.2, 0.25) is 5.91 Å². The maximum Gasteiger partial charge on any atom is 0.286 e. The van der Waals surface area contributed by atoms with Crippen molar-refractivity contribution >= 4 is 22.7 Å². The summed E-state index contributed by atoms with van der Waals surface area (Å²) < 4.78 is 5.41. The van der Waals surface area contributed by atoms with Gasteiger partial charge in [0.05, 0.1) is 6.61 Å². The molecule has 0 aliphatic rings. The van der Waals surface area contributed by atoms with E-state index in [2.05, 4.69) is 15.8 Å². The van der Waals surface area contributed by atoms with Crippen molar-refractivity contribution in [3.05, 3.63) is 30.0 Å². The number of H-pyrrole nitrogens is 1. The maximum atomic E-state index is 12.0. The highest BCUT2D eigenvalue weighted by Crippen LogP contribution is 2.21. The number of nitrogens with one attached hydrogen (secondary N) is 3. The summed E-state index contributed by atoms with van der Waals surface area (Å²) in [6.45, 7) is 6.00. The second kappa shape index (κ2) is 6.30. The van der Waals surface area contributed by atoms with Crippen LogP contribution in [0.15, 0.2) is 24.3 Å². The van der Waals surface area contributed by atoms with Crippen molar-refractivity contribution in [1.82, 2.24) is 15.8 Å². The molecule has 0 atom stereocenters. The van der Waals surface area contributed by atoms with Gasteiger partial charge in [0.25, 0.3) is 5.91 Å². The van der Waals surface area contributed by atoms with Gasteiger partial charge in [-0.1, -0.05) is 13.8 Å². The highest BCUT2D eigenvalue weighted by Gasteiger charge is 2.12. The van der Waals surface area contributed by atoms with Gasteiger partial charge in [-0.3, -0.25) is 20.4 Å². The molecule has 1 aromatic heterocycles. The van der Waals surface area contributed by atoms with Crippen LogP contribution in [0.25, 0.3) is 10.9 Å². The average molecular weight is 289 g/mol. The van der Waals surface area contributed by atoms with E-state index in [1.54, 1.807) is 19.9 Å². The molecule has 0 spiro atoms. The fraction of sp³-hybridized carbons (Fsp3) is 0.333. The number of hydrogen-bond donors (Lipinski definition) is 3. The molecule has 1 heterocycles. The standard InChI is InChI=1S/C15H19N3O3/c1-4-21-11-6-5-10-7-13(16-12(10)8-11)15(20)18-17-14(19)9(2)3/h5-9,16H,4H2,1-3H3,(H,17,19)(H,18,20). The van der Waals surface area contributed by atoms with Gasteiger partial charge in [-0.2, -0.15) is 0 Å². The zero-order chi connectivity index (χ0) is 15.4. The van der Waals surface area contributed by atoms with E-state index in [0.29, 0.717) is 12.3 Å². The third kappa shape index (κ3) is 3.53. The van der Waals surface area contributed by atoms with Crippen molar-refractivity contribution in [1.29, 1.82) is 0 Å². The van der Waals surface area contributed by atoms with E-state index >= 15 is 0 Å². The topological polar surface area (TPSA) is 83.2 Å². The largest absolute Gasteiger partial charge is 0.494 e. The second-order valence-electron chi connectivity index (χ2n) is 4.96. The van der Waals surface area contributed by atoms with Gasteiger partial charge in [0.15, 0.2) is 0 Å². The minimum atomic E-state index is -0.391. The normalized spacial score (nSPS) is 10.7. The molecule has 0 aliphatic heterocycles. The van der Waals surface area contributed by atoms with Crippen LogP contribution in [0.1, 0.15) is 31.3 Å². The predicted molar refractivity (Wildman–Crippen MR) is 79.9 cm³/mol. The molecule has 0 saturated heterocycles. The van der Waals surface area contributed by atoms with Crippen molar-refractivity contribution in [3.63, 3.8) is 0 Å². The molecule has 112 valence electrons. The van der Waals surface area contributed by atoms with Crippen LogP contribution in [0, 0.1) is 5.92 Å². The second-order valence-corrected chi connectivity index (χ2v) is 4.96. The van der Waals surface area contributed by atoms with Crippen LogP contribution in [0.3, 0.4) is 0 Å². The third-order valence-electron chi connectivity index (χ3n) is 2.97. The lowest BCUT2D eigenvalue weighted by Crippen LogP contribution is -2.43. The van der Waals surface area contributed by atoms with E-state index in [4.69, 9.17) is 4.74 Å². The smallest absolute Gasteiger partial charge is 0.286 e. The molecule has 2 amide bonds. The molecule has 0 unspecified atom stereocenters. The predicted octanol–water partition coefficient (Wildman–Crippen LogP) is 1.98. The molecule has 6 nitrogen and oxygen atoms in total. The summed E-state index contributed by atoms with van der Waals surface area (Å²) >= 11 is 0.